The molecule has 130 valence electrons. The second-order valence-electron chi connectivity index (χ2n) is 5.85. The molecule has 5 nitrogen and oxygen atoms in total. The number of para-hydroxylation sites is 2. The van der Waals surface area contributed by atoms with Gasteiger partial charge in [-0.3, -0.25) is 10.1 Å². The molecule has 0 bridgehead atoms. The van der Waals surface area contributed by atoms with E-state index in [1.807, 2.05) is 23.1 Å². The van der Waals surface area contributed by atoms with Crippen LogP contribution in [-0.4, -0.2) is 31.3 Å². The second-order valence-corrected chi connectivity index (χ2v) is 6.24. The molecule has 0 saturated carbocycles. The van der Waals surface area contributed by atoms with Gasteiger partial charge in [-0.2, -0.15) is 0 Å². The molecule has 1 aliphatic rings. The lowest BCUT2D eigenvalue weighted by Crippen LogP contribution is -2.45. The summed E-state index contributed by atoms with van der Waals surface area (Å²) in [6, 6.07) is 13.4. The lowest BCUT2D eigenvalue weighted by molar-refractivity contribution is 0.0973. The van der Waals surface area contributed by atoms with Crippen LogP contribution < -0.4 is 19.7 Å². The summed E-state index contributed by atoms with van der Waals surface area (Å²) in [6.45, 7) is 2.09. The number of ether oxygens (including phenoxy) is 2. The Hall–Kier alpha value is -2.60. The minimum atomic E-state index is -0.322. The second kappa shape index (κ2) is 7.11. The van der Waals surface area contributed by atoms with Crippen LogP contribution in [0.2, 0.25) is 0 Å². The third-order valence-corrected chi connectivity index (χ3v) is 4.59. The van der Waals surface area contributed by atoms with E-state index < -0.39 is 0 Å². The number of rotatable bonds is 3. The van der Waals surface area contributed by atoms with Gasteiger partial charge in [-0.15, -0.1) is 0 Å². The first-order valence-electron chi connectivity index (χ1n) is 8.00. The Morgan fingerprint density at radius 3 is 2.64 bits per heavy atom. The van der Waals surface area contributed by atoms with Crippen molar-refractivity contribution in [1.82, 2.24) is 5.32 Å². The van der Waals surface area contributed by atoms with Crippen molar-refractivity contribution in [3.05, 3.63) is 53.6 Å². The maximum absolute atomic E-state index is 12.7. The molecule has 0 aliphatic carbocycles. The summed E-state index contributed by atoms with van der Waals surface area (Å²) in [6.07, 6.45) is 0.897. The monoisotopic (exact) mass is 356 g/mol. The summed E-state index contributed by atoms with van der Waals surface area (Å²) >= 11 is 5.51. The molecule has 1 atom stereocenters. The highest BCUT2D eigenvalue weighted by atomic mass is 32.1. The number of hydrogen-bond donors (Lipinski definition) is 1. The van der Waals surface area contributed by atoms with Crippen molar-refractivity contribution in [3.63, 3.8) is 0 Å². The fourth-order valence-corrected chi connectivity index (χ4v) is 3.54. The molecule has 3 rings (SSSR count). The van der Waals surface area contributed by atoms with Gasteiger partial charge in [0.1, 0.15) is 0 Å². The number of nitrogens with one attached hydrogen (secondary N) is 1. The van der Waals surface area contributed by atoms with Gasteiger partial charge in [0.15, 0.2) is 16.6 Å². The largest absolute Gasteiger partial charge is 0.493 e. The molecule has 0 saturated heterocycles. The number of anilines is 1. The van der Waals surface area contributed by atoms with E-state index in [2.05, 4.69) is 18.3 Å². The molecule has 0 aromatic heterocycles. The van der Waals surface area contributed by atoms with Crippen molar-refractivity contribution in [1.29, 1.82) is 0 Å². The van der Waals surface area contributed by atoms with Crippen LogP contribution in [0.3, 0.4) is 0 Å². The van der Waals surface area contributed by atoms with Crippen molar-refractivity contribution >= 4 is 28.9 Å². The van der Waals surface area contributed by atoms with Gasteiger partial charge < -0.3 is 14.4 Å². The minimum Gasteiger partial charge on any atom is -0.493 e. The molecule has 0 unspecified atom stereocenters. The standard InChI is InChI=1S/C19H20N2O3S/c1-12-11-13-7-4-5-9-15(13)21(12)19(25)20-18(22)14-8-6-10-16(23-2)17(14)24-3/h4-10,12H,11H2,1-3H3,(H,20,22,25)/t12-/m0/s1. The molecule has 1 amide bonds. The molecule has 6 heteroatoms. The Morgan fingerprint density at radius 1 is 1.16 bits per heavy atom. The first kappa shape index (κ1) is 17.2. The Morgan fingerprint density at radius 2 is 1.92 bits per heavy atom. The van der Waals surface area contributed by atoms with E-state index in [0.717, 1.165) is 12.1 Å². The van der Waals surface area contributed by atoms with Gasteiger partial charge in [0.2, 0.25) is 0 Å². The fourth-order valence-electron chi connectivity index (χ4n) is 3.17. The van der Waals surface area contributed by atoms with Crippen molar-refractivity contribution in [3.8, 4) is 11.5 Å². The minimum absolute atomic E-state index is 0.192. The lowest BCUT2D eigenvalue weighted by atomic mass is 10.1. The van der Waals surface area contributed by atoms with E-state index in [1.54, 1.807) is 18.2 Å². The number of nitrogens with zero attached hydrogens (tertiary/aromatic N) is 1. The lowest BCUT2D eigenvalue weighted by Gasteiger charge is -2.25. The van der Waals surface area contributed by atoms with E-state index in [9.17, 15) is 4.79 Å². The summed E-state index contributed by atoms with van der Waals surface area (Å²) in [5, 5.41) is 3.20. The molecule has 1 aliphatic heterocycles. The number of fused-ring (bicyclic) bond motifs is 1. The van der Waals surface area contributed by atoms with Crippen molar-refractivity contribution in [2.24, 2.45) is 0 Å². The van der Waals surface area contributed by atoms with Gasteiger partial charge in [-0.05, 0) is 49.3 Å². The first-order valence-corrected chi connectivity index (χ1v) is 8.41. The zero-order chi connectivity index (χ0) is 18.0. The Kier molecular flexibility index (Phi) is 4.90. The van der Waals surface area contributed by atoms with E-state index in [0.29, 0.717) is 22.2 Å². The molecule has 0 radical (unpaired) electrons. The SMILES string of the molecule is COc1cccc(C(=O)NC(=S)N2c3ccccc3C[C@@H]2C)c1OC. The van der Waals surface area contributed by atoms with Crippen LogP contribution in [0.1, 0.15) is 22.8 Å². The summed E-state index contributed by atoms with van der Waals surface area (Å²) in [7, 11) is 3.04. The number of hydrogen-bond acceptors (Lipinski definition) is 4. The predicted molar refractivity (Wildman–Crippen MR) is 102 cm³/mol. The molecule has 2 aromatic carbocycles. The molecule has 1 heterocycles. The first-order chi connectivity index (χ1) is 12.1. The van der Waals surface area contributed by atoms with Crippen LogP contribution in [0.4, 0.5) is 5.69 Å². The number of carbonyl (C=O) groups excluding carboxylic acids is 1. The maximum atomic E-state index is 12.7. The van der Waals surface area contributed by atoms with E-state index in [4.69, 9.17) is 21.7 Å². The smallest absolute Gasteiger partial charge is 0.261 e. The summed E-state index contributed by atoms with van der Waals surface area (Å²) in [5.41, 5.74) is 2.65. The normalized spacial score (nSPS) is 15.5. The van der Waals surface area contributed by atoms with Crippen molar-refractivity contribution in [2.75, 3.05) is 19.1 Å². The Balaban J connectivity index is 1.84. The van der Waals surface area contributed by atoms with Gasteiger partial charge in [-0.25, -0.2) is 0 Å². The Labute approximate surface area is 152 Å². The summed E-state index contributed by atoms with van der Waals surface area (Å²) in [4.78, 5) is 14.7. The summed E-state index contributed by atoms with van der Waals surface area (Å²) in [5.74, 6) is 0.568. The molecular weight excluding hydrogens is 336 g/mol. The Bertz CT molecular complexity index is 822. The predicted octanol–water partition coefficient (Wildman–Crippen LogP) is 3.17. The highest BCUT2D eigenvalue weighted by molar-refractivity contribution is 7.80. The molecular formula is C19H20N2O3S. The van der Waals surface area contributed by atoms with Crippen LogP contribution in [0.25, 0.3) is 0 Å². The van der Waals surface area contributed by atoms with Gasteiger partial charge >= 0.3 is 0 Å². The molecule has 1 N–H and O–H groups in total. The highest BCUT2D eigenvalue weighted by Gasteiger charge is 2.29. The third-order valence-electron chi connectivity index (χ3n) is 4.29. The van der Waals surface area contributed by atoms with Crippen LogP contribution in [0.15, 0.2) is 42.5 Å². The van der Waals surface area contributed by atoms with E-state index in [-0.39, 0.29) is 11.9 Å². The molecule has 0 fully saturated rings. The van der Waals surface area contributed by atoms with Gasteiger partial charge in [0, 0.05) is 11.7 Å². The fraction of sp³-hybridized carbons (Fsp3) is 0.263. The number of amides is 1. The molecule has 2 aromatic rings. The van der Waals surface area contributed by atoms with Gasteiger partial charge in [0.05, 0.1) is 19.8 Å². The average Bonchev–Trinajstić information content (AvgIpc) is 2.96. The van der Waals surface area contributed by atoms with Crippen LogP contribution in [0.5, 0.6) is 11.5 Å². The number of benzene rings is 2. The molecule has 0 spiro atoms. The van der Waals surface area contributed by atoms with Crippen LogP contribution >= 0.6 is 12.2 Å². The van der Waals surface area contributed by atoms with Crippen molar-refractivity contribution in [2.45, 2.75) is 19.4 Å². The number of thiocarbonyl (C=S) groups is 1. The van der Waals surface area contributed by atoms with Crippen molar-refractivity contribution < 1.29 is 14.3 Å². The van der Waals surface area contributed by atoms with Gasteiger partial charge in [0.25, 0.3) is 5.91 Å². The van der Waals surface area contributed by atoms with Crippen LogP contribution in [0, 0.1) is 0 Å². The quantitative estimate of drug-likeness (QED) is 0.856. The zero-order valence-corrected chi connectivity index (χ0v) is 15.2. The van der Waals surface area contributed by atoms with Crippen LogP contribution in [-0.2, 0) is 6.42 Å². The number of methoxy groups -OCH3 is 2. The molecule has 25 heavy (non-hydrogen) atoms. The summed E-state index contributed by atoms with van der Waals surface area (Å²) < 4.78 is 10.6. The third kappa shape index (κ3) is 3.17. The van der Waals surface area contributed by atoms with E-state index >= 15 is 0 Å². The maximum Gasteiger partial charge on any atom is 0.261 e. The van der Waals surface area contributed by atoms with E-state index in [1.165, 1.54) is 19.8 Å². The van der Waals surface area contributed by atoms with Gasteiger partial charge in [-0.1, -0.05) is 24.3 Å². The zero-order valence-electron chi connectivity index (χ0n) is 14.4. The average molecular weight is 356 g/mol. The topological polar surface area (TPSA) is 50.8 Å². The number of carbonyl (C=O) groups is 1. The highest BCUT2D eigenvalue weighted by Crippen LogP contribution is 2.33.